The van der Waals surface area contributed by atoms with E-state index in [9.17, 15) is 14.4 Å². The number of carbonyl (C=O) groups excluding carboxylic acids is 3. The van der Waals surface area contributed by atoms with Gasteiger partial charge in [-0.1, -0.05) is 18.2 Å². The zero-order chi connectivity index (χ0) is 21.7. The molecule has 8 heteroatoms. The lowest BCUT2D eigenvalue weighted by molar-refractivity contribution is -0.141. The molecule has 2 aromatic carbocycles. The highest BCUT2D eigenvalue weighted by Crippen LogP contribution is 2.32. The minimum atomic E-state index is -0.433. The van der Waals surface area contributed by atoms with Gasteiger partial charge in [0.15, 0.2) is 0 Å². The predicted octanol–water partition coefficient (Wildman–Crippen LogP) is 4.16. The van der Waals surface area contributed by atoms with Crippen molar-refractivity contribution in [2.75, 3.05) is 23.4 Å². The van der Waals surface area contributed by atoms with E-state index in [-0.39, 0.29) is 37.8 Å². The zero-order valence-electron chi connectivity index (χ0n) is 16.8. The van der Waals surface area contributed by atoms with E-state index < -0.39 is 5.97 Å². The van der Waals surface area contributed by atoms with Gasteiger partial charge < -0.3 is 15.0 Å². The molecule has 1 aliphatic heterocycles. The number of para-hydroxylation sites is 2. The topological polar surface area (TPSA) is 88.1 Å². The third kappa shape index (κ3) is 5.33. The van der Waals surface area contributed by atoms with Crippen LogP contribution in [0.5, 0.6) is 0 Å². The van der Waals surface area contributed by atoms with Gasteiger partial charge in [0.1, 0.15) is 6.54 Å². The van der Waals surface area contributed by atoms with Crippen molar-refractivity contribution in [1.29, 1.82) is 0 Å². The Kier molecular flexibility index (Phi) is 6.99. The summed E-state index contributed by atoms with van der Waals surface area (Å²) in [5, 5.41) is 2.83. The van der Waals surface area contributed by atoms with Crippen molar-refractivity contribution in [3.63, 3.8) is 0 Å². The van der Waals surface area contributed by atoms with E-state index in [0.717, 1.165) is 10.0 Å². The van der Waals surface area contributed by atoms with Crippen LogP contribution in [0.15, 0.2) is 51.9 Å². The number of aryl methyl sites for hydroxylation is 1. The SMILES string of the molecule is CCOC(=O)CC1=Nc2ccccc2N(CC(=O)Nc2ccc(C)cc2Br)C(=O)C1. The number of amides is 2. The molecule has 0 spiro atoms. The van der Waals surface area contributed by atoms with Gasteiger partial charge in [0.2, 0.25) is 11.8 Å². The second-order valence-electron chi connectivity index (χ2n) is 6.84. The first-order valence-corrected chi connectivity index (χ1v) is 10.3. The van der Waals surface area contributed by atoms with Gasteiger partial charge in [-0.25, -0.2) is 0 Å². The van der Waals surface area contributed by atoms with Gasteiger partial charge in [-0.2, -0.15) is 0 Å². The Morgan fingerprint density at radius 3 is 2.73 bits per heavy atom. The maximum Gasteiger partial charge on any atom is 0.311 e. The Morgan fingerprint density at radius 1 is 1.23 bits per heavy atom. The van der Waals surface area contributed by atoms with Crippen LogP contribution >= 0.6 is 15.9 Å². The highest BCUT2D eigenvalue weighted by molar-refractivity contribution is 9.10. The highest BCUT2D eigenvalue weighted by Gasteiger charge is 2.27. The summed E-state index contributed by atoms with van der Waals surface area (Å²) in [7, 11) is 0. The van der Waals surface area contributed by atoms with Crippen LogP contribution in [0, 0.1) is 6.92 Å². The average molecular weight is 472 g/mol. The first-order valence-electron chi connectivity index (χ1n) is 9.55. The summed E-state index contributed by atoms with van der Waals surface area (Å²) in [6, 6.07) is 12.6. The molecular formula is C22H22BrN3O4. The fourth-order valence-electron chi connectivity index (χ4n) is 3.11. The predicted molar refractivity (Wildman–Crippen MR) is 119 cm³/mol. The van der Waals surface area contributed by atoms with E-state index >= 15 is 0 Å². The van der Waals surface area contributed by atoms with Crippen molar-refractivity contribution >= 4 is 56.5 Å². The monoisotopic (exact) mass is 471 g/mol. The van der Waals surface area contributed by atoms with Crippen molar-refractivity contribution in [3.05, 3.63) is 52.5 Å². The minimum absolute atomic E-state index is 0.0605. The molecule has 0 aliphatic carbocycles. The summed E-state index contributed by atoms with van der Waals surface area (Å²) in [6.45, 7) is 3.77. The number of nitrogens with one attached hydrogen (secondary N) is 1. The Balaban J connectivity index is 1.80. The molecule has 0 radical (unpaired) electrons. The van der Waals surface area contributed by atoms with Crippen molar-refractivity contribution < 1.29 is 19.1 Å². The van der Waals surface area contributed by atoms with Crippen LogP contribution in [0.1, 0.15) is 25.3 Å². The van der Waals surface area contributed by atoms with E-state index in [1.165, 1.54) is 4.90 Å². The molecule has 2 aromatic rings. The Labute approximate surface area is 183 Å². The first kappa shape index (κ1) is 21.7. The first-order chi connectivity index (χ1) is 14.4. The van der Waals surface area contributed by atoms with Crippen LogP contribution in [0.2, 0.25) is 0 Å². The van der Waals surface area contributed by atoms with Crippen LogP contribution in [0.25, 0.3) is 0 Å². The molecule has 0 fully saturated rings. The van der Waals surface area contributed by atoms with Crippen molar-refractivity contribution in [3.8, 4) is 0 Å². The number of benzene rings is 2. The van der Waals surface area contributed by atoms with Crippen molar-refractivity contribution in [2.24, 2.45) is 4.99 Å². The number of hydrogen-bond donors (Lipinski definition) is 1. The van der Waals surface area contributed by atoms with Crippen LogP contribution in [0.4, 0.5) is 17.1 Å². The number of rotatable bonds is 6. The molecular weight excluding hydrogens is 450 g/mol. The molecule has 156 valence electrons. The lowest BCUT2D eigenvalue weighted by Crippen LogP contribution is -2.38. The fraction of sp³-hybridized carbons (Fsp3) is 0.273. The third-order valence-corrected chi connectivity index (χ3v) is 5.12. The quantitative estimate of drug-likeness (QED) is 0.640. The number of nitrogens with zero attached hydrogens (tertiary/aromatic N) is 2. The largest absolute Gasteiger partial charge is 0.466 e. The Bertz CT molecular complexity index is 1020. The minimum Gasteiger partial charge on any atom is -0.466 e. The maximum atomic E-state index is 12.9. The molecule has 7 nitrogen and oxygen atoms in total. The number of aliphatic imine (C=N–C) groups is 1. The van der Waals surface area contributed by atoms with Crippen molar-refractivity contribution in [1.82, 2.24) is 0 Å². The van der Waals surface area contributed by atoms with E-state index in [2.05, 4.69) is 26.2 Å². The number of hydrogen-bond acceptors (Lipinski definition) is 5. The van der Waals surface area contributed by atoms with Crippen LogP contribution in [-0.2, 0) is 19.1 Å². The average Bonchev–Trinajstić information content (AvgIpc) is 2.81. The maximum absolute atomic E-state index is 12.9. The lowest BCUT2D eigenvalue weighted by atomic mass is 10.2. The lowest BCUT2D eigenvalue weighted by Gasteiger charge is -2.22. The standard InChI is InChI=1S/C22H22BrN3O4/c1-3-30-22(29)12-15-11-21(28)26(19-7-5-4-6-18(19)24-15)13-20(27)25-17-9-8-14(2)10-16(17)23/h4-10H,3,11-13H2,1-2H3,(H,25,27). The summed E-state index contributed by atoms with van der Waals surface area (Å²) in [6.07, 6.45) is -0.126. The molecule has 0 saturated carbocycles. The smallest absolute Gasteiger partial charge is 0.311 e. The molecule has 2 amide bonds. The van der Waals surface area contributed by atoms with Crippen molar-refractivity contribution in [2.45, 2.75) is 26.7 Å². The second-order valence-corrected chi connectivity index (χ2v) is 7.69. The summed E-state index contributed by atoms with van der Waals surface area (Å²) in [4.78, 5) is 43.4. The van der Waals surface area contributed by atoms with Crippen LogP contribution < -0.4 is 10.2 Å². The zero-order valence-corrected chi connectivity index (χ0v) is 18.4. The van der Waals surface area contributed by atoms with Crippen LogP contribution in [-0.4, -0.2) is 36.6 Å². The molecule has 0 unspecified atom stereocenters. The number of fused-ring (bicyclic) bond motifs is 1. The van der Waals surface area contributed by atoms with Gasteiger partial charge in [0.05, 0.1) is 36.5 Å². The fourth-order valence-corrected chi connectivity index (χ4v) is 3.70. The summed E-state index contributed by atoms with van der Waals surface area (Å²) in [5.41, 5.74) is 3.16. The molecule has 1 N–H and O–H groups in total. The second kappa shape index (κ2) is 9.67. The van der Waals surface area contributed by atoms with E-state index in [0.29, 0.717) is 22.8 Å². The normalized spacial score (nSPS) is 13.2. The molecule has 30 heavy (non-hydrogen) atoms. The van der Waals surface area contributed by atoms with Gasteiger partial charge in [0, 0.05) is 10.2 Å². The van der Waals surface area contributed by atoms with Gasteiger partial charge in [-0.15, -0.1) is 0 Å². The molecule has 0 aromatic heterocycles. The van der Waals surface area contributed by atoms with Gasteiger partial charge in [-0.3, -0.25) is 19.4 Å². The summed E-state index contributed by atoms with van der Waals surface area (Å²) in [5.74, 6) is -1.07. The third-order valence-electron chi connectivity index (χ3n) is 4.46. The van der Waals surface area contributed by atoms with Crippen LogP contribution in [0.3, 0.4) is 0 Å². The molecule has 1 aliphatic rings. The van der Waals surface area contributed by atoms with E-state index in [1.807, 2.05) is 19.1 Å². The number of esters is 1. The molecule has 1 heterocycles. The number of ether oxygens (including phenoxy) is 1. The van der Waals surface area contributed by atoms with E-state index in [1.54, 1.807) is 37.3 Å². The summed E-state index contributed by atoms with van der Waals surface area (Å²) >= 11 is 3.44. The Hall–Kier alpha value is -3.00. The number of anilines is 2. The van der Waals surface area contributed by atoms with Gasteiger partial charge in [0.25, 0.3) is 0 Å². The molecule has 0 saturated heterocycles. The number of carbonyl (C=O) groups is 3. The number of halogens is 1. The molecule has 0 bridgehead atoms. The molecule has 0 atom stereocenters. The van der Waals surface area contributed by atoms with Gasteiger partial charge in [-0.05, 0) is 59.6 Å². The Morgan fingerprint density at radius 2 is 2.00 bits per heavy atom. The molecule has 3 rings (SSSR count). The summed E-state index contributed by atoms with van der Waals surface area (Å²) < 4.78 is 5.74. The van der Waals surface area contributed by atoms with Gasteiger partial charge >= 0.3 is 5.97 Å². The van der Waals surface area contributed by atoms with E-state index in [4.69, 9.17) is 4.74 Å². The highest BCUT2D eigenvalue weighted by atomic mass is 79.9.